The van der Waals surface area contributed by atoms with Crippen LogP contribution in [0.15, 0.2) is 46.9 Å². The predicted octanol–water partition coefficient (Wildman–Crippen LogP) is 4.10. The van der Waals surface area contributed by atoms with Gasteiger partial charge in [0.15, 0.2) is 9.87 Å². The van der Waals surface area contributed by atoms with Crippen molar-refractivity contribution in [1.82, 2.24) is 9.88 Å². The molecule has 0 spiro atoms. The Morgan fingerprint density at radius 1 is 1.33 bits per heavy atom. The number of ether oxygens (including phenoxy) is 1. The molecule has 0 saturated heterocycles. The van der Waals surface area contributed by atoms with Crippen molar-refractivity contribution in [1.29, 1.82) is 0 Å². The van der Waals surface area contributed by atoms with Crippen LogP contribution in [0.1, 0.15) is 17.7 Å². The molecule has 1 amide bonds. The van der Waals surface area contributed by atoms with Gasteiger partial charge in [0.1, 0.15) is 10.8 Å². The van der Waals surface area contributed by atoms with Crippen molar-refractivity contribution in [2.45, 2.75) is 19.6 Å². The van der Waals surface area contributed by atoms with Gasteiger partial charge in [-0.05, 0) is 59.9 Å². The van der Waals surface area contributed by atoms with Gasteiger partial charge in [0.25, 0.3) is 5.91 Å². The lowest BCUT2D eigenvalue weighted by atomic mass is 10.3. The number of para-hydroxylation sites is 1. The van der Waals surface area contributed by atoms with E-state index < -0.39 is 12.1 Å². The molecule has 1 unspecified atom stereocenters. The van der Waals surface area contributed by atoms with E-state index in [1.165, 1.54) is 17.1 Å². The molecule has 0 bridgehead atoms. The Bertz CT molecular complexity index is 961. The van der Waals surface area contributed by atoms with Gasteiger partial charge in [0.05, 0.1) is 16.8 Å². The van der Waals surface area contributed by atoms with E-state index in [2.05, 4.69) is 4.98 Å². The fourth-order valence-electron chi connectivity index (χ4n) is 2.41. The summed E-state index contributed by atoms with van der Waals surface area (Å²) in [4.78, 5) is 30.4. The Morgan fingerprint density at radius 3 is 2.81 bits per heavy atom. The molecule has 3 aromatic rings. The highest BCUT2D eigenvalue weighted by Gasteiger charge is 2.21. The lowest BCUT2D eigenvalue weighted by Gasteiger charge is -2.20. The van der Waals surface area contributed by atoms with Crippen molar-refractivity contribution >= 4 is 62.1 Å². The monoisotopic (exact) mass is 496 g/mol. The Labute approximate surface area is 174 Å². The zero-order valence-electron chi connectivity index (χ0n) is 14.7. The summed E-state index contributed by atoms with van der Waals surface area (Å²) in [6.07, 6.45) is 1.86. The van der Waals surface area contributed by atoms with Crippen molar-refractivity contribution in [2.24, 2.45) is 0 Å². The summed E-state index contributed by atoms with van der Waals surface area (Å²) in [6.45, 7) is 1.92. The molecule has 3 rings (SSSR count). The van der Waals surface area contributed by atoms with E-state index in [1.807, 2.05) is 46.9 Å². The summed E-state index contributed by atoms with van der Waals surface area (Å²) in [5, 5.41) is 0.831. The number of aromatic nitrogens is 1. The highest BCUT2D eigenvalue weighted by molar-refractivity contribution is 14.1. The van der Waals surface area contributed by atoms with E-state index in [9.17, 15) is 9.59 Å². The Balaban J connectivity index is 1.55. The maximum absolute atomic E-state index is 12.5. The average Bonchev–Trinajstić information content (AvgIpc) is 3.24. The van der Waals surface area contributed by atoms with Crippen molar-refractivity contribution in [3.05, 3.63) is 57.0 Å². The highest BCUT2D eigenvalue weighted by atomic mass is 127. The van der Waals surface area contributed by atoms with Gasteiger partial charge in [-0.3, -0.25) is 4.79 Å². The number of furan rings is 1. The topological polar surface area (TPSA) is 72.6 Å². The van der Waals surface area contributed by atoms with Gasteiger partial charge in [0, 0.05) is 13.1 Å². The van der Waals surface area contributed by atoms with E-state index in [4.69, 9.17) is 9.15 Å². The minimum atomic E-state index is -0.890. The third kappa shape index (κ3) is 5.16. The molecule has 0 aliphatic carbocycles. The first-order chi connectivity index (χ1) is 12.9. The molecule has 6 nitrogen and oxygen atoms in total. The van der Waals surface area contributed by atoms with Crippen LogP contribution in [-0.4, -0.2) is 34.9 Å². The third-order valence-electron chi connectivity index (χ3n) is 3.71. The van der Waals surface area contributed by atoms with Crippen LogP contribution in [0.25, 0.3) is 16.3 Å². The highest BCUT2D eigenvalue weighted by Crippen LogP contribution is 2.22. The van der Waals surface area contributed by atoms with Gasteiger partial charge in [-0.25, -0.2) is 9.78 Å². The molecule has 2 aromatic heterocycles. The van der Waals surface area contributed by atoms with Crippen LogP contribution >= 0.6 is 33.9 Å². The number of nitrogens with zero attached hydrogens (tertiary/aromatic N) is 2. The normalized spacial score (nSPS) is 12.4. The minimum absolute atomic E-state index is 0.288. The summed E-state index contributed by atoms with van der Waals surface area (Å²) >= 11 is 3.58. The predicted molar refractivity (Wildman–Crippen MR) is 112 cm³/mol. The van der Waals surface area contributed by atoms with Gasteiger partial charge in [-0.1, -0.05) is 12.1 Å². The molecule has 27 heavy (non-hydrogen) atoms. The number of carbonyl (C=O) groups excluding carboxylic acids is 2. The number of hydrogen-bond acceptors (Lipinski definition) is 6. The summed E-state index contributed by atoms with van der Waals surface area (Å²) in [6, 6.07) is 11.3. The SMILES string of the molecule is CC(OC(=O)/C=C/c1ccc(I)o1)C(=O)N(C)Cc1nc2ccccc2s1. The number of thiazole rings is 1. The van der Waals surface area contributed by atoms with Crippen LogP contribution in [0.3, 0.4) is 0 Å². The maximum Gasteiger partial charge on any atom is 0.331 e. The number of halogens is 1. The molecule has 2 heterocycles. The number of hydrogen-bond donors (Lipinski definition) is 0. The van der Waals surface area contributed by atoms with Crippen LogP contribution in [0.2, 0.25) is 0 Å². The lowest BCUT2D eigenvalue weighted by molar-refractivity contribution is -0.154. The van der Waals surface area contributed by atoms with Crippen molar-refractivity contribution in [3.8, 4) is 0 Å². The van der Waals surface area contributed by atoms with Gasteiger partial charge >= 0.3 is 5.97 Å². The smallest absolute Gasteiger partial charge is 0.331 e. The Hall–Kier alpha value is -2.20. The Kier molecular flexibility index (Phi) is 6.27. The molecule has 1 aromatic carbocycles. The fourth-order valence-corrected chi connectivity index (χ4v) is 3.87. The van der Waals surface area contributed by atoms with Gasteiger partial charge in [0.2, 0.25) is 0 Å². The number of benzene rings is 1. The van der Waals surface area contributed by atoms with Gasteiger partial charge < -0.3 is 14.1 Å². The van der Waals surface area contributed by atoms with E-state index in [-0.39, 0.29) is 5.91 Å². The minimum Gasteiger partial charge on any atom is -0.451 e. The largest absolute Gasteiger partial charge is 0.451 e. The van der Waals surface area contributed by atoms with E-state index >= 15 is 0 Å². The third-order valence-corrected chi connectivity index (χ3v) is 5.31. The second-order valence-corrected chi connectivity index (χ2v) is 8.00. The second-order valence-electron chi connectivity index (χ2n) is 5.82. The van der Waals surface area contributed by atoms with Crippen molar-refractivity contribution in [2.75, 3.05) is 7.05 Å². The van der Waals surface area contributed by atoms with Crippen molar-refractivity contribution < 1.29 is 18.7 Å². The first-order valence-electron chi connectivity index (χ1n) is 8.16. The quantitative estimate of drug-likeness (QED) is 0.292. The molecule has 1 atom stereocenters. The summed E-state index contributed by atoms with van der Waals surface area (Å²) < 4.78 is 12.3. The zero-order chi connectivity index (χ0) is 19.4. The molecule has 0 aliphatic heterocycles. The first-order valence-corrected chi connectivity index (χ1v) is 10.1. The number of rotatable bonds is 6. The van der Waals surface area contributed by atoms with Crippen LogP contribution in [0.5, 0.6) is 0 Å². The fraction of sp³-hybridized carbons (Fsp3) is 0.211. The summed E-state index contributed by atoms with van der Waals surface area (Å²) in [5.74, 6) is -0.345. The standard InChI is InChI=1S/C19H17IN2O4S/c1-12(25-18(23)10-8-13-7-9-16(20)26-13)19(24)22(2)11-17-21-14-5-3-4-6-15(14)27-17/h3-10,12H,11H2,1-2H3/b10-8+. The molecule has 0 saturated carbocycles. The average molecular weight is 496 g/mol. The molecule has 140 valence electrons. The number of amides is 1. The zero-order valence-corrected chi connectivity index (χ0v) is 17.7. The van der Waals surface area contributed by atoms with Gasteiger partial charge in [-0.2, -0.15) is 0 Å². The molecular formula is C19H17IN2O4S. The summed E-state index contributed by atoms with van der Waals surface area (Å²) in [7, 11) is 1.67. The maximum atomic E-state index is 12.5. The molecule has 0 aliphatic rings. The summed E-state index contributed by atoms with van der Waals surface area (Å²) in [5.41, 5.74) is 0.913. The van der Waals surface area contributed by atoms with Crippen LogP contribution in [-0.2, 0) is 20.9 Å². The van der Waals surface area contributed by atoms with E-state index in [1.54, 1.807) is 37.4 Å². The van der Waals surface area contributed by atoms with Crippen molar-refractivity contribution in [3.63, 3.8) is 0 Å². The number of likely N-dealkylation sites (N-methyl/N-ethyl adjacent to an activating group) is 1. The number of esters is 1. The molecule has 0 fully saturated rings. The van der Waals surface area contributed by atoms with Crippen LogP contribution in [0.4, 0.5) is 0 Å². The Morgan fingerprint density at radius 2 is 2.11 bits per heavy atom. The van der Waals surface area contributed by atoms with E-state index in [0.717, 1.165) is 19.0 Å². The van der Waals surface area contributed by atoms with Gasteiger partial charge in [-0.15, -0.1) is 11.3 Å². The first kappa shape index (κ1) is 19.6. The molecule has 0 radical (unpaired) electrons. The molecule has 0 N–H and O–H groups in total. The molecular weight excluding hydrogens is 479 g/mol. The molecule has 8 heteroatoms. The second kappa shape index (κ2) is 8.66. The van der Waals surface area contributed by atoms with Crippen LogP contribution in [0, 0.1) is 3.77 Å². The van der Waals surface area contributed by atoms with E-state index in [0.29, 0.717) is 12.3 Å². The van der Waals surface area contributed by atoms with Crippen LogP contribution < -0.4 is 0 Å². The number of fused-ring (bicyclic) bond motifs is 1. The lowest BCUT2D eigenvalue weighted by Crippen LogP contribution is -2.36. The number of carbonyl (C=O) groups is 2.